The Morgan fingerprint density at radius 2 is 1.91 bits per heavy atom. The number of carbonyl (C=O) groups is 1. The van der Waals surface area contributed by atoms with Crippen molar-refractivity contribution >= 4 is 5.91 Å². The number of benzene rings is 1. The van der Waals surface area contributed by atoms with Crippen LogP contribution in [0.4, 0.5) is 8.78 Å². The first kappa shape index (κ1) is 15.4. The molecule has 1 aromatic carbocycles. The third-order valence-electron chi connectivity index (χ3n) is 5.43. The summed E-state index contributed by atoms with van der Waals surface area (Å²) in [5.74, 6) is -1.17. The molecular weight excluding hydrogens is 286 g/mol. The SMILES string of the molecule is CC(c1c(F)cccc1F)N(C)C(=O)C1CC12CCNCC2. The van der Waals surface area contributed by atoms with E-state index in [0.29, 0.717) is 0 Å². The van der Waals surface area contributed by atoms with Crippen LogP contribution in [-0.2, 0) is 4.79 Å². The average Bonchev–Trinajstić information content (AvgIpc) is 3.19. The second kappa shape index (κ2) is 5.61. The first-order valence-corrected chi connectivity index (χ1v) is 7.87. The van der Waals surface area contributed by atoms with Crippen molar-refractivity contribution < 1.29 is 13.6 Å². The summed E-state index contributed by atoms with van der Waals surface area (Å²) in [6.07, 6.45) is 2.93. The Balaban J connectivity index is 1.74. The first-order valence-electron chi connectivity index (χ1n) is 7.87. The van der Waals surface area contributed by atoms with Gasteiger partial charge in [-0.05, 0) is 56.8 Å². The molecule has 1 saturated heterocycles. The largest absolute Gasteiger partial charge is 0.339 e. The molecule has 1 heterocycles. The minimum atomic E-state index is -0.604. The van der Waals surface area contributed by atoms with Crippen LogP contribution in [0, 0.1) is 23.0 Å². The highest BCUT2D eigenvalue weighted by Gasteiger charge is 2.58. The summed E-state index contributed by atoms with van der Waals surface area (Å²) in [5.41, 5.74) is 0.0998. The van der Waals surface area contributed by atoms with Crippen LogP contribution in [0.3, 0.4) is 0 Å². The Morgan fingerprint density at radius 3 is 2.50 bits per heavy atom. The van der Waals surface area contributed by atoms with E-state index in [0.717, 1.165) is 32.4 Å². The molecule has 3 nitrogen and oxygen atoms in total. The van der Waals surface area contributed by atoms with Crippen molar-refractivity contribution in [3.63, 3.8) is 0 Å². The summed E-state index contributed by atoms with van der Waals surface area (Å²) >= 11 is 0. The van der Waals surface area contributed by atoms with E-state index in [1.54, 1.807) is 14.0 Å². The summed E-state index contributed by atoms with van der Waals surface area (Å²) in [5, 5.41) is 3.31. The molecule has 1 amide bonds. The molecule has 22 heavy (non-hydrogen) atoms. The van der Waals surface area contributed by atoms with Gasteiger partial charge in [0.25, 0.3) is 0 Å². The normalized spacial score (nSPS) is 24.1. The quantitative estimate of drug-likeness (QED) is 0.931. The zero-order valence-corrected chi connectivity index (χ0v) is 13.0. The molecule has 0 bridgehead atoms. The summed E-state index contributed by atoms with van der Waals surface area (Å²) < 4.78 is 27.8. The smallest absolute Gasteiger partial charge is 0.226 e. The number of hydrogen-bond donors (Lipinski definition) is 1. The highest BCUT2D eigenvalue weighted by molar-refractivity contribution is 5.83. The van der Waals surface area contributed by atoms with Crippen LogP contribution < -0.4 is 5.32 Å². The van der Waals surface area contributed by atoms with Crippen LogP contribution in [0.25, 0.3) is 0 Å². The lowest BCUT2D eigenvalue weighted by Crippen LogP contribution is -2.36. The standard InChI is InChI=1S/C17H22F2N2O/c1-11(15-13(18)4-3-5-14(15)19)21(2)16(22)12-10-17(12)6-8-20-9-7-17/h3-5,11-12,20H,6-10H2,1-2H3. The van der Waals surface area contributed by atoms with E-state index in [1.165, 1.54) is 23.1 Å². The van der Waals surface area contributed by atoms with E-state index in [4.69, 9.17) is 0 Å². The lowest BCUT2D eigenvalue weighted by atomic mass is 9.91. The molecule has 1 aromatic rings. The van der Waals surface area contributed by atoms with Gasteiger partial charge in [-0.15, -0.1) is 0 Å². The molecule has 1 saturated carbocycles. The van der Waals surface area contributed by atoms with E-state index >= 15 is 0 Å². The Labute approximate surface area is 129 Å². The molecule has 3 rings (SSSR count). The van der Waals surface area contributed by atoms with Gasteiger partial charge in [0.05, 0.1) is 6.04 Å². The number of halogens is 2. The maximum Gasteiger partial charge on any atom is 0.226 e. The molecule has 1 spiro atoms. The maximum atomic E-state index is 13.9. The molecule has 2 atom stereocenters. The highest BCUT2D eigenvalue weighted by Crippen LogP contribution is 2.59. The Morgan fingerprint density at radius 1 is 1.32 bits per heavy atom. The fraction of sp³-hybridized carbons (Fsp3) is 0.588. The van der Waals surface area contributed by atoms with Crippen LogP contribution in [-0.4, -0.2) is 30.9 Å². The van der Waals surface area contributed by atoms with E-state index in [2.05, 4.69) is 5.32 Å². The predicted molar refractivity (Wildman–Crippen MR) is 80.2 cm³/mol. The number of nitrogens with zero attached hydrogens (tertiary/aromatic N) is 1. The van der Waals surface area contributed by atoms with Gasteiger partial charge in [-0.25, -0.2) is 8.78 Å². The molecule has 5 heteroatoms. The lowest BCUT2D eigenvalue weighted by Gasteiger charge is -2.29. The fourth-order valence-corrected chi connectivity index (χ4v) is 3.71. The zero-order chi connectivity index (χ0) is 15.9. The minimum absolute atomic E-state index is 0.0110. The molecule has 2 aliphatic rings. The summed E-state index contributed by atoms with van der Waals surface area (Å²) in [7, 11) is 1.64. The second-order valence-electron chi connectivity index (χ2n) is 6.63. The molecule has 0 aromatic heterocycles. The van der Waals surface area contributed by atoms with Gasteiger partial charge in [-0.2, -0.15) is 0 Å². The molecular formula is C17H22F2N2O. The number of rotatable bonds is 3. The van der Waals surface area contributed by atoms with Crippen LogP contribution in [0.2, 0.25) is 0 Å². The third kappa shape index (κ3) is 2.51. The van der Waals surface area contributed by atoms with E-state index in [1.807, 2.05) is 0 Å². The molecule has 0 radical (unpaired) electrons. The Hall–Kier alpha value is -1.49. The van der Waals surface area contributed by atoms with E-state index in [-0.39, 0.29) is 22.8 Å². The fourth-order valence-electron chi connectivity index (χ4n) is 3.71. The Bertz CT molecular complexity index is 564. The van der Waals surface area contributed by atoms with E-state index in [9.17, 15) is 13.6 Å². The monoisotopic (exact) mass is 308 g/mol. The molecule has 1 aliphatic heterocycles. The van der Waals surface area contributed by atoms with Gasteiger partial charge in [0.1, 0.15) is 11.6 Å². The van der Waals surface area contributed by atoms with Crippen molar-refractivity contribution in [2.75, 3.05) is 20.1 Å². The molecule has 1 N–H and O–H groups in total. The molecule has 2 unspecified atom stereocenters. The zero-order valence-electron chi connectivity index (χ0n) is 13.0. The second-order valence-corrected chi connectivity index (χ2v) is 6.63. The predicted octanol–water partition coefficient (Wildman–Crippen LogP) is 2.87. The van der Waals surface area contributed by atoms with Gasteiger partial charge < -0.3 is 10.2 Å². The van der Waals surface area contributed by atoms with Gasteiger partial charge in [0.2, 0.25) is 5.91 Å². The van der Waals surface area contributed by atoms with Crippen LogP contribution in [0.15, 0.2) is 18.2 Å². The number of carbonyl (C=O) groups excluding carboxylic acids is 1. The third-order valence-corrected chi connectivity index (χ3v) is 5.43. The number of nitrogens with one attached hydrogen (secondary N) is 1. The van der Waals surface area contributed by atoms with Gasteiger partial charge in [0.15, 0.2) is 0 Å². The number of amides is 1. The van der Waals surface area contributed by atoms with E-state index < -0.39 is 17.7 Å². The molecule has 120 valence electrons. The van der Waals surface area contributed by atoms with Gasteiger partial charge in [0, 0.05) is 18.5 Å². The van der Waals surface area contributed by atoms with Crippen LogP contribution in [0.5, 0.6) is 0 Å². The highest BCUT2D eigenvalue weighted by atomic mass is 19.1. The lowest BCUT2D eigenvalue weighted by molar-refractivity contribution is -0.134. The summed E-state index contributed by atoms with van der Waals surface area (Å²) in [4.78, 5) is 14.2. The summed E-state index contributed by atoms with van der Waals surface area (Å²) in [6.45, 7) is 3.58. The average molecular weight is 308 g/mol. The maximum absolute atomic E-state index is 13.9. The Kier molecular flexibility index (Phi) is 3.93. The number of piperidine rings is 1. The van der Waals surface area contributed by atoms with Gasteiger partial charge >= 0.3 is 0 Å². The van der Waals surface area contributed by atoms with Crippen molar-refractivity contribution in [2.45, 2.75) is 32.2 Å². The molecule has 1 aliphatic carbocycles. The van der Waals surface area contributed by atoms with Crippen molar-refractivity contribution in [3.8, 4) is 0 Å². The van der Waals surface area contributed by atoms with Crippen molar-refractivity contribution in [1.82, 2.24) is 10.2 Å². The first-order chi connectivity index (χ1) is 10.5. The minimum Gasteiger partial charge on any atom is -0.339 e. The number of hydrogen-bond acceptors (Lipinski definition) is 2. The van der Waals surface area contributed by atoms with Gasteiger partial charge in [-0.3, -0.25) is 4.79 Å². The van der Waals surface area contributed by atoms with Crippen LogP contribution in [0.1, 0.15) is 37.8 Å². The van der Waals surface area contributed by atoms with Crippen LogP contribution >= 0.6 is 0 Å². The van der Waals surface area contributed by atoms with Crippen molar-refractivity contribution in [2.24, 2.45) is 11.3 Å². The molecule has 2 fully saturated rings. The van der Waals surface area contributed by atoms with Gasteiger partial charge in [-0.1, -0.05) is 6.07 Å². The topological polar surface area (TPSA) is 32.3 Å². The van der Waals surface area contributed by atoms with Crippen molar-refractivity contribution in [1.29, 1.82) is 0 Å². The van der Waals surface area contributed by atoms with Crippen molar-refractivity contribution in [3.05, 3.63) is 35.4 Å². The summed E-state index contributed by atoms with van der Waals surface area (Å²) in [6, 6.07) is 3.21.